The van der Waals surface area contributed by atoms with Crippen molar-refractivity contribution < 1.29 is 9.59 Å². The van der Waals surface area contributed by atoms with Gasteiger partial charge in [0.05, 0.1) is 0 Å². The van der Waals surface area contributed by atoms with Crippen molar-refractivity contribution in [3.8, 4) is 0 Å². The summed E-state index contributed by atoms with van der Waals surface area (Å²) in [4.78, 5) is 20.4. The third kappa shape index (κ3) is 10.5. The van der Waals surface area contributed by atoms with Crippen molar-refractivity contribution >= 4 is 12.1 Å². The standard InChI is InChI=1S/C6H15N5O2/c7-5(12)10-3-1-9-2-4-11-6(8)13/h9H,1-4H2,(H3,7,10,12)(H3,8,11,13). The lowest BCUT2D eigenvalue weighted by atomic mass is 10.5. The van der Waals surface area contributed by atoms with Crippen molar-refractivity contribution in [2.45, 2.75) is 0 Å². The molecule has 7 nitrogen and oxygen atoms in total. The van der Waals surface area contributed by atoms with Crippen molar-refractivity contribution in [1.29, 1.82) is 0 Å². The van der Waals surface area contributed by atoms with Crippen LogP contribution in [0.3, 0.4) is 0 Å². The van der Waals surface area contributed by atoms with Crippen molar-refractivity contribution in [2.24, 2.45) is 11.5 Å². The molecule has 0 fully saturated rings. The van der Waals surface area contributed by atoms with Gasteiger partial charge >= 0.3 is 12.1 Å². The zero-order chi connectivity index (χ0) is 10.1. The second kappa shape index (κ2) is 7.17. The number of amides is 4. The minimum atomic E-state index is -0.544. The van der Waals surface area contributed by atoms with Crippen LogP contribution in [0.1, 0.15) is 0 Å². The van der Waals surface area contributed by atoms with Crippen molar-refractivity contribution in [2.75, 3.05) is 26.2 Å². The molecule has 4 amide bonds. The lowest BCUT2D eigenvalue weighted by Gasteiger charge is -2.04. The third-order valence-electron chi connectivity index (χ3n) is 1.20. The molecule has 0 aromatic heterocycles. The van der Waals surface area contributed by atoms with Crippen molar-refractivity contribution in [1.82, 2.24) is 16.0 Å². The van der Waals surface area contributed by atoms with Crippen LogP contribution in [0.25, 0.3) is 0 Å². The van der Waals surface area contributed by atoms with E-state index < -0.39 is 12.1 Å². The van der Waals surface area contributed by atoms with Crippen LogP contribution in [0, 0.1) is 0 Å². The zero-order valence-corrected chi connectivity index (χ0v) is 7.30. The predicted octanol–water partition coefficient (Wildman–Crippen LogP) is -2.09. The summed E-state index contributed by atoms with van der Waals surface area (Å²) in [6.45, 7) is 2.13. The summed E-state index contributed by atoms with van der Waals surface area (Å²) in [6.07, 6.45) is 0. The number of urea groups is 2. The SMILES string of the molecule is NC(=O)NCCNCCNC(N)=O. The van der Waals surface area contributed by atoms with Gasteiger partial charge in [-0.15, -0.1) is 0 Å². The Hall–Kier alpha value is -1.50. The average Bonchev–Trinajstić information content (AvgIpc) is 2.01. The van der Waals surface area contributed by atoms with Crippen LogP contribution in [0.2, 0.25) is 0 Å². The van der Waals surface area contributed by atoms with E-state index in [1.807, 2.05) is 0 Å². The molecule has 0 rings (SSSR count). The smallest absolute Gasteiger partial charge is 0.312 e. The van der Waals surface area contributed by atoms with E-state index in [0.717, 1.165) is 0 Å². The number of rotatable bonds is 6. The molecule has 0 saturated carbocycles. The Bertz CT molecular complexity index is 154. The Labute approximate surface area is 76.2 Å². The maximum absolute atomic E-state index is 10.2. The third-order valence-corrected chi connectivity index (χ3v) is 1.20. The van der Waals surface area contributed by atoms with E-state index in [-0.39, 0.29) is 0 Å². The first-order chi connectivity index (χ1) is 6.13. The highest BCUT2D eigenvalue weighted by atomic mass is 16.2. The first-order valence-corrected chi connectivity index (χ1v) is 3.90. The van der Waals surface area contributed by atoms with Gasteiger partial charge in [0.15, 0.2) is 0 Å². The molecule has 0 aromatic rings. The molecular formula is C6H15N5O2. The lowest BCUT2D eigenvalue weighted by Crippen LogP contribution is -2.39. The molecule has 0 radical (unpaired) electrons. The Morgan fingerprint density at radius 3 is 1.54 bits per heavy atom. The van der Waals surface area contributed by atoms with E-state index in [1.54, 1.807) is 0 Å². The number of carbonyl (C=O) groups is 2. The Morgan fingerprint density at radius 1 is 0.846 bits per heavy atom. The molecule has 0 bridgehead atoms. The second-order valence-electron chi connectivity index (χ2n) is 2.33. The molecule has 76 valence electrons. The van der Waals surface area contributed by atoms with Gasteiger partial charge in [-0.2, -0.15) is 0 Å². The monoisotopic (exact) mass is 189 g/mol. The van der Waals surface area contributed by atoms with Crippen molar-refractivity contribution in [3.05, 3.63) is 0 Å². The minimum absolute atomic E-state index is 0.464. The van der Waals surface area contributed by atoms with Gasteiger partial charge in [0.1, 0.15) is 0 Å². The predicted molar refractivity (Wildman–Crippen MR) is 48.0 cm³/mol. The van der Waals surface area contributed by atoms with Crippen LogP contribution >= 0.6 is 0 Å². The molecule has 0 heterocycles. The zero-order valence-electron chi connectivity index (χ0n) is 7.30. The molecule has 0 aromatic carbocycles. The highest BCUT2D eigenvalue weighted by Gasteiger charge is 1.91. The second-order valence-corrected chi connectivity index (χ2v) is 2.33. The number of carbonyl (C=O) groups excluding carboxylic acids is 2. The van der Waals surface area contributed by atoms with E-state index in [9.17, 15) is 9.59 Å². The molecule has 0 aliphatic rings. The minimum Gasteiger partial charge on any atom is -0.352 e. The topological polar surface area (TPSA) is 122 Å². The fourth-order valence-electron chi connectivity index (χ4n) is 0.673. The normalized spacial score (nSPS) is 9.23. The van der Waals surface area contributed by atoms with Gasteiger partial charge in [-0.05, 0) is 0 Å². The van der Waals surface area contributed by atoms with Gasteiger partial charge in [-0.3, -0.25) is 0 Å². The molecule has 7 N–H and O–H groups in total. The van der Waals surface area contributed by atoms with Gasteiger partial charge in [0, 0.05) is 26.2 Å². The summed E-state index contributed by atoms with van der Waals surface area (Å²) in [7, 11) is 0. The maximum atomic E-state index is 10.2. The Kier molecular flexibility index (Phi) is 6.34. The Balaban J connectivity index is 3.00. The maximum Gasteiger partial charge on any atom is 0.312 e. The lowest BCUT2D eigenvalue weighted by molar-refractivity contribution is 0.248. The van der Waals surface area contributed by atoms with Crippen molar-refractivity contribution in [3.63, 3.8) is 0 Å². The molecule has 0 atom stereocenters. The van der Waals surface area contributed by atoms with Crippen LogP contribution < -0.4 is 27.4 Å². The molecule has 0 spiro atoms. The van der Waals surface area contributed by atoms with Crippen LogP contribution in [-0.2, 0) is 0 Å². The summed E-state index contributed by atoms with van der Waals surface area (Å²) in [5, 5.41) is 7.77. The fourth-order valence-corrected chi connectivity index (χ4v) is 0.673. The molecule has 0 aliphatic carbocycles. The van der Waals surface area contributed by atoms with Crippen LogP contribution in [0.5, 0.6) is 0 Å². The quantitative estimate of drug-likeness (QED) is 0.308. The van der Waals surface area contributed by atoms with Gasteiger partial charge < -0.3 is 27.4 Å². The average molecular weight is 189 g/mol. The molecule has 0 saturated heterocycles. The van der Waals surface area contributed by atoms with E-state index in [1.165, 1.54) is 0 Å². The number of nitrogens with two attached hydrogens (primary N) is 2. The summed E-state index contributed by atoms with van der Waals surface area (Å²) in [5.74, 6) is 0. The Morgan fingerprint density at radius 2 is 1.23 bits per heavy atom. The molecule has 13 heavy (non-hydrogen) atoms. The number of primary amides is 2. The molecular weight excluding hydrogens is 174 g/mol. The van der Waals surface area contributed by atoms with Gasteiger partial charge in [0.2, 0.25) is 0 Å². The van der Waals surface area contributed by atoms with E-state index in [2.05, 4.69) is 16.0 Å². The van der Waals surface area contributed by atoms with E-state index in [0.29, 0.717) is 26.2 Å². The summed E-state index contributed by atoms with van der Waals surface area (Å²) >= 11 is 0. The molecule has 0 aliphatic heterocycles. The summed E-state index contributed by atoms with van der Waals surface area (Å²) in [6, 6.07) is -1.09. The first kappa shape index (κ1) is 11.5. The molecule has 0 unspecified atom stereocenters. The number of nitrogens with one attached hydrogen (secondary N) is 3. The number of hydrogen-bond donors (Lipinski definition) is 5. The highest BCUT2D eigenvalue weighted by molar-refractivity contribution is 5.71. The molecule has 7 heteroatoms. The number of hydrogen-bond acceptors (Lipinski definition) is 3. The summed E-state index contributed by atoms with van der Waals surface area (Å²) < 4.78 is 0. The van der Waals surface area contributed by atoms with E-state index >= 15 is 0 Å². The fraction of sp³-hybridized carbons (Fsp3) is 0.667. The van der Waals surface area contributed by atoms with Gasteiger partial charge in [0.25, 0.3) is 0 Å². The van der Waals surface area contributed by atoms with Crippen LogP contribution in [0.4, 0.5) is 9.59 Å². The van der Waals surface area contributed by atoms with Gasteiger partial charge in [-0.25, -0.2) is 9.59 Å². The van der Waals surface area contributed by atoms with Crippen LogP contribution in [-0.4, -0.2) is 38.2 Å². The van der Waals surface area contributed by atoms with Gasteiger partial charge in [-0.1, -0.05) is 0 Å². The first-order valence-electron chi connectivity index (χ1n) is 3.90. The summed E-state index contributed by atoms with van der Waals surface area (Å²) in [5.41, 5.74) is 9.64. The van der Waals surface area contributed by atoms with Crippen LogP contribution in [0.15, 0.2) is 0 Å². The van der Waals surface area contributed by atoms with E-state index in [4.69, 9.17) is 11.5 Å². The highest BCUT2D eigenvalue weighted by Crippen LogP contribution is 1.61. The largest absolute Gasteiger partial charge is 0.352 e.